The van der Waals surface area contributed by atoms with E-state index in [1.54, 1.807) is 7.11 Å². The van der Waals surface area contributed by atoms with Crippen molar-refractivity contribution < 1.29 is 24.1 Å². The van der Waals surface area contributed by atoms with E-state index in [4.69, 9.17) is 18.9 Å². The number of fused-ring (bicyclic) bond motifs is 2. The Kier molecular flexibility index (Phi) is 2.90. The topological polar surface area (TPSA) is 60.4 Å². The molecule has 1 aromatic carbocycles. The molecule has 1 N–H and O–H groups in total. The first-order valence-corrected chi connectivity index (χ1v) is 8.29. The lowest BCUT2D eigenvalue weighted by molar-refractivity contribution is -0.253. The van der Waals surface area contributed by atoms with Crippen molar-refractivity contribution in [1.82, 2.24) is 4.90 Å². The smallest absolute Gasteiger partial charge is 0.231 e. The molecule has 0 aromatic heterocycles. The summed E-state index contributed by atoms with van der Waals surface area (Å²) in [6.07, 6.45) is 4.15. The minimum absolute atomic E-state index is 0.0943. The van der Waals surface area contributed by atoms with Crippen LogP contribution in [0.5, 0.6) is 11.5 Å². The molecule has 1 aliphatic carbocycles. The van der Waals surface area contributed by atoms with Gasteiger partial charge in [0.2, 0.25) is 6.79 Å². The molecule has 4 aliphatic rings. The third kappa shape index (κ3) is 1.59. The molecule has 0 bridgehead atoms. The van der Waals surface area contributed by atoms with Gasteiger partial charge in [-0.15, -0.1) is 0 Å². The van der Waals surface area contributed by atoms with Crippen LogP contribution in [-0.2, 0) is 21.5 Å². The predicted octanol–water partition coefficient (Wildman–Crippen LogP) is 1.16. The lowest BCUT2D eigenvalue weighted by Crippen LogP contribution is -2.59. The Balaban J connectivity index is 1.78. The second kappa shape index (κ2) is 4.73. The normalized spacial score (nSPS) is 39.5. The molecule has 3 heterocycles. The van der Waals surface area contributed by atoms with Crippen LogP contribution in [-0.4, -0.2) is 55.4 Å². The first-order chi connectivity index (χ1) is 11.6. The van der Waals surface area contributed by atoms with E-state index in [0.717, 1.165) is 22.6 Å². The highest BCUT2D eigenvalue weighted by molar-refractivity contribution is 5.56. The zero-order valence-corrected chi connectivity index (χ0v) is 13.8. The molecule has 4 atom stereocenters. The standard InChI is InChI=1S/C18H21NO5/c1-19-9-18(21-2)17(4-3-12(20)6-16(17)19)13-7-15-14(22-10-23-15)5-11(13)8-24-18/h3-5,7,12,16,20H,6,8-10H2,1-2H3. The van der Waals surface area contributed by atoms with Crippen LogP contribution < -0.4 is 9.47 Å². The fourth-order valence-corrected chi connectivity index (χ4v) is 4.96. The Morgan fingerprint density at radius 3 is 2.88 bits per heavy atom. The second-order valence-corrected chi connectivity index (χ2v) is 7.07. The molecule has 1 fully saturated rings. The van der Waals surface area contributed by atoms with E-state index in [1.807, 2.05) is 12.1 Å². The van der Waals surface area contributed by atoms with E-state index in [9.17, 15) is 5.11 Å². The first-order valence-electron chi connectivity index (χ1n) is 8.29. The van der Waals surface area contributed by atoms with E-state index in [-0.39, 0.29) is 12.8 Å². The highest BCUT2D eigenvalue weighted by atomic mass is 16.7. The maximum atomic E-state index is 10.2. The summed E-state index contributed by atoms with van der Waals surface area (Å²) in [4.78, 5) is 2.23. The van der Waals surface area contributed by atoms with E-state index in [0.29, 0.717) is 19.6 Å². The highest BCUT2D eigenvalue weighted by Crippen LogP contribution is 2.57. The van der Waals surface area contributed by atoms with Gasteiger partial charge in [0.1, 0.15) is 0 Å². The zero-order chi connectivity index (χ0) is 16.5. The van der Waals surface area contributed by atoms with Crippen LogP contribution in [0.2, 0.25) is 0 Å². The third-order valence-corrected chi connectivity index (χ3v) is 6.03. The number of likely N-dealkylation sites (tertiary alicyclic amines) is 1. The molecule has 1 saturated heterocycles. The van der Waals surface area contributed by atoms with Crippen LogP contribution in [0.1, 0.15) is 17.5 Å². The molecule has 5 rings (SSSR count). The molecular formula is C18H21NO5. The Bertz CT molecular complexity index is 734. The van der Waals surface area contributed by atoms with Crippen molar-refractivity contribution in [2.24, 2.45) is 0 Å². The van der Waals surface area contributed by atoms with Crippen LogP contribution in [0.4, 0.5) is 0 Å². The molecule has 0 amide bonds. The summed E-state index contributed by atoms with van der Waals surface area (Å²) in [7, 11) is 3.77. The molecule has 1 aromatic rings. The second-order valence-electron chi connectivity index (χ2n) is 7.07. The Morgan fingerprint density at radius 1 is 1.29 bits per heavy atom. The van der Waals surface area contributed by atoms with Gasteiger partial charge in [0.25, 0.3) is 0 Å². The summed E-state index contributed by atoms with van der Waals surface area (Å²) in [5.41, 5.74) is 1.77. The van der Waals surface area contributed by atoms with Gasteiger partial charge in [0.05, 0.1) is 24.7 Å². The molecular weight excluding hydrogens is 310 g/mol. The minimum Gasteiger partial charge on any atom is -0.454 e. The predicted molar refractivity (Wildman–Crippen MR) is 85.0 cm³/mol. The number of hydrogen-bond donors (Lipinski definition) is 1. The maximum Gasteiger partial charge on any atom is 0.231 e. The number of likely N-dealkylation sites (N-methyl/N-ethyl adjacent to an activating group) is 1. The number of rotatable bonds is 1. The van der Waals surface area contributed by atoms with Gasteiger partial charge in [-0.1, -0.05) is 12.2 Å². The first kappa shape index (κ1) is 14.7. The van der Waals surface area contributed by atoms with Gasteiger partial charge in [-0.25, -0.2) is 0 Å². The molecule has 0 radical (unpaired) electrons. The largest absolute Gasteiger partial charge is 0.454 e. The lowest BCUT2D eigenvalue weighted by Gasteiger charge is -2.50. The van der Waals surface area contributed by atoms with E-state index >= 15 is 0 Å². The van der Waals surface area contributed by atoms with Crippen LogP contribution in [0, 0.1) is 0 Å². The van der Waals surface area contributed by atoms with Crippen molar-refractivity contribution in [1.29, 1.82) is 0 Å². The number of benzene rings is 1. The van der Waals surface area contributed by atoms with Gasteiger partial charge in [-0.2, -0.15) is 0 Å². The number of aliphatic hydroxyl groups excluding tert-OH is 1. The number of hydrogen-bond acceptors (Lipinski definition) is 6. The van der Waals surface area contributed by atoms with Crippen LogP contribution in [0.15, 0.2) is 24.3 Å². The number of aliphatic hydroxyl groups is 1. The molecule has 6 heteroatoms. The summed E-state index contributed by atoms with van der Waals surface area (Å²) in [6, 6.07) is 4.18. The van der Waals surface area contributed by atoms with E-state index in [1.165, 1.54) is 0 Å². The van der Waals surface area contributed by atoms with Gasteiger partial charge in [-0.05, 0) is 36.7 Å². The fourth-order valence-electron chi connectivity index (χ4n) is 4.96. The molecule has 24 heavy (non-hydrogen) atoms. The van der Waals surface area contributed by atoms with Crippen molar-refractivity contribution in [3.8, 4) is 11.5 Å². The fraction of sp³-hybridized carbons (Fsp3) is 0.556. The number of ether oxygens (including phenoxy) is 4. The summed E-state index contributed by atoms with van der Waals surface area (Å²) in [6.45, 7) is 1.37. The third-order valence-electron chi connectivity index (χ3n) is 6.03. The van der Waals surface area contributed by atoms with E-state index in [2.05, 4.69) is 24.1 Å². The van der Waals surface area contributed by atoms with Gasteiger partial charge in [-0.3, -0.25) is 4.90 Å². The number of methoxy groups -OCH3 is 1. The Morgan fingerprint density at radius 2 is 2.08 bits per heavy atom. The molecule has 128 valence electrons. The average molecular weight is 331 g/mol. The van der Waals surface area contributed by atoms with Gasteiger partial charge >= 0.3 is 0 Å². The zero-order valence-electron chi connectivity index (χ0n) is 13.8. The quantitative estimate of drug-likeness (QED) is 0.780. The van der Waals surface area contributed by atoms with Crippen molar-refractivity contribution >= 4 is 0 Å². The minimum atomic E-state index is -0.760. The maximum absolute atomic E-state index is 10.2. The summed E-state index contributed by atoms with van der Waals surface area (Å²) in [5.74, 6) is 0.772. The average Bonchev–Trinajstić information content (AvgIpc) is 3.14. The highest BCUT2D eigenvalue weighted by Gasteiger charge is 2.67. The summed E-state index contributed by atoms with van der Waals surface area (Å²) in [5, 5.41) is 10.2. The molecule has 0 saturated carbocycles. The molecule has 6 nitrogen and oxygen atoms in total. The van der Waals surface area contributed by atoms with Crippen LogP contribution in [0.3, 0.4) is 0 Å². The summed E-state index contributed by atoms with van der Waals surface area (Å²) < 4.78 is 23.4. The lowest BCUT2D eigenvalue weighted by atomic mass is 9.64. The van der Waals surface area contributed by atoms with Gasteiger partial charge in [0.15, 0.2) is 17.3 Å². The Labute approximate surface area is 140 Å². The van der Waals surface area contributed by atoms with Crippen molar-refractivity contribution in [3.05, 3.63) is 35.4 Å². The molecule has 1 spiro atoms. The monoisotopic (exact) mass is 331 g/mol. The molecule has 3 aliphatic heterocycles. The van der Waals surface area contributed by atoms with Gasteiger partial charge in [0, 0.05) is 13.2 Å². The summed E-state index contributed by atoms with van der Waals surface area (Å²) >= 11 is 0. The number of nitrogens with zero attached hydrogens (tertiary/aromatic N) is 1. The van der Waals surface area contributed by atoms with Crippen LogP contribution in [0.25, 0.3) is 0 Å². The van der Waals surface area contributed by atoms with Gasteiger partial charge < -0.3 is 24.1 Å². The molecule has 4 unspecified atom stereocenters. The van der Waals surface area contributed by atoms with Crippen molar-refractivity contribution in [2.75, 3.05) is 27.5 Å². The van der Waals surface area contributed by atoms with Crippen molar-refractivity contribution in [2.45, 2.75) is 36.4 Å². The SMILES string of the molecule is COC12CN(C)C3CC(O)C=CC31c1cc3c(cc1CO2)OCO3. The van der Waals surface area contributed by atoms with Crippen molar-refractivity contribution in [3.63, 3.8) is 0 Å². The van der Waals surface area contributed by atoms with E-state index < -0.39 is 17.3 Å². The van der Waals surface area contributed by atoms with Crippen LogP contribution >= 0.6 is 0 Å². The Hall–Kier alpha value is -1.60.